The number of halogens is 1. The van der Waals surface area contributed by atoms with Crippen LogP contribution in [0, 0.1) is 6.92 Å². The lowest BCUT2D eigenvalue weighted by atomic mass is 10.1. The van der Waals surface area contributed by atoms with Gasteiger partial charge in [-0.15, -0.1) is 0 Å². The zero-order valence-corrected chi connectivity index (χ0v) is 19.2. The van der Waals surface area contributed by atoms with E-state index in [1.165, 1.54) is 6.07 Å². The third kappa shape index (κ3) is 4.84. The summed E-state index contributed by atoms with van der Waals surface area (Å²) in [6.07, 6.45) is -0.280. The summed E-state index contributed by atoms with van der Waals surface area (Å²) >= 11 is 6.22. The first-order chi connectivity index (χ1) is 16.3. The summed E-state index contributed by atoms with van der Waals surface area (Å²) in [7, 11) is 0. The molecule has 8 heteroatoms. The fourth-order valence-corrected chi connectivity index (χ4v) is 3.99. The Balaban J connectivity index is 1.64. The van der Waals surface area contributed by atoms with Crippen LogP contribution >= 0.6 is 11.6 Å². The van der Waals surface area contributed by atoms with Crippen molar-refractivity contribution in [1.29, 1.82) is 0 Å². The van der Waals surface area contributed by atoms with Gasteiger partial charge in [0.05, 0.1) is 29.1 Å². The van der Waals surface area contributed by atoms with Gasteiger partial charge in [0.2, 0.25) is 11.8 Å². The summed E-state index contributed by atoms with van der Waals surface area (Å²) in [5.41, 5.74) is 4.78. The summed E-state index contributed by atoms with van der Waals surface area (Å²) in [5.74, 6) is -2.24. The molecule has 1 saturated heterocycles. The zero-order chi connectivity index (χ0) is 24.2. The van der Waals surface area contributed by atoms with Gasteiger partial charge in [-0.1, -0.05) is 71.8 Å². The molecule has 0 radical (unpaired) electrons. The highest BCUT2D eigenvalue weighted by Crippen LogP contribution is 2.27. The smallest absolute Gasteiger partial charge is 0.274 e. The molecule has 0 spiro atoms. The molecule has 1 aliphatic rings. The van der Waals surface area contributed by atoms with Crippen LogP contribution in [0.4, 0.5) is 5.69 Å². The molecule has 1 aliphatic heterocycles. The van der Waals surface area contributed by atoms with E-state index in [9.17, 15) is 19.2 Å². The van der Waals surface area contributed by atoms with Crippen LogP contribution < -0.4 is 10.3 Å². The first-order valence-corrected chi connectivity index (χ1v) is 11.1. The van der Waals surface area contributed by atoms with Gasteiger partial charge in [0, 0.05) is 0 Å². The number of carbonyl (C=O) groups is 4. The molecule has 3 aromatic carbocycles. The monoisotopic (exact) mass is 475 g/mol. The van der Waals surface area contributed by atoms with E-state index in [2.05, 4.69) is 5.43 Å². The van der Waals surface area contributed by atoms with E-state index >= 15 is 0 Å². The predicted octanol–water partition coefficient (Wildman–Crippen LogP) is 3.70. The number of aryl methyl sites for hydroxylation is 1. The van der Waals surface area contributed by atoms with E-state index in [0.29, 0.717) is 5.69 Å². The first kappa shape index (κ1) is 23.2. The van der Waals surface area contributed by atoms with Crippen molar-refractivity contribution in [3.8, 4) is 0 Å². The number of nitrogens with zero attached hydrogens (tertiary/aromatic N) is 2. The van der Waals surface area contributed by atoms with Crippen molar-refractivity contribution in [3.63, 3.8) is 0 Å². The van der Waals surface area contributed by atoms with Crippen molar-refractivity contribution >= 4 is 40.9 Å². The second-order valence-electron chi connectivity index (χ2n) is 7.98. The Labute approximate surface area is 201 Å². The number of hydrogen-bond donors (Lipinski definition) is 1. The highest BCUT2D eigenvalue weighted by molar-refractivity contribution is 6.34. The molecule has 1 atom stereocenters. The summed E-state index contributed by atoms with van der Waals surface area (Å²) in [6, 6.07) is 21.0. The molecule has 1 unspecified atom stereocenters. The summed E-state index contributed by atoms with van der Waals surface area (Å²) < 4.78 is 0. The Morgan fingerprint density at radius 1 is 0.971 bits per heavy atom. The standard InChI is InChI=1S/C26H22ClN3O4/c1-17-11-13-19(14-12-17)29-24(32)16-22(26(29)34)30(25(33)20-9-5-6-10-21(20)27)28-23(31)15-18-7-3-2-4-8-18/h2-14,22H,15-16H2,1H3,(H,28,31). The SMILES string of the molecule is Cc1ccc(N2C(=O)CC(N(NC(=O)Cc3ccccc3)C(=O)c3ccccc3Cl)C2=O)cc1. The highest BCUT2D eigenvalue weighted by Gasteiger charge is 2.45. The van der Waals surface area contributed by atoms with E-state index in [1.807, 2.05) is 13.0 Å². The molecular weight excluding hydrogens is 454 g/mol. The molecule has 3 aromatic rings. The number of anilines is 1. The minimum Gasteiger partial charge on any atom is -0.274 e. The van der Waals surface area contributed by atoms with Crippen molar-refractivity contribution in [2.75, 3.05) is 4.90 Å². The number of amides is 4. The maximum atomic E-state index is 13.4. The van der Waals surface area contributed by atoms with Crippen LogP contribution in [0.15, 0.2) is 78.9 Å². The van der Waals surface area contributed by atoms with Gasteiger partial charge in [-0.2, -0.15) is 0 Å². The van der Waals surface area contributed by atoms with Crippen LogP contribution in [0.25, 0.3) is 0 Å². The van der Waals surface area contributed by atoms with Gasteiger partial charge >= 0.3 is 0 Å². The van der Waals surface area contributed by atoms with Crippen LogP contribution in [-0.4, -0.2) is 34.7 Å². The molecule has 0 bridgehead atoms. The third-order valence-corrected chi connectivity index (χ3v) is 5.83. The molecular formula is C26H22ClN3O4. The average molecular weight is 476 g/mol. The number of carbonyl (C=O) groups excluding carboxylic acids is 4. The molecule has 0 saturated carbocycles. The molecule has 1 heterocycles. The number of rotatable bonds is 5. The first-order valence-electron chi connectivity index (χ1n) is 10.7. The molecule has 1 fully saturated rings. The Bertz CT molecular complexity index is 1240. The second-order valence-corrected chi connectivity index (χ2v) is 8.38. The summed E-state index contributed by atoms with van der Waals surface area (Å²) in [5, 5.41) is 1.10. The van der Waals surface area contributed by atoms with Crippen LogP contribution in [0.5, 0.6) is 0 Å². The Hall–Kier alpha value is -3.97. The maximum Gasteiger partial charge on any atom is 0.274 e. The van der Waals surface area contributed by atoms with Crippen molar-refractivity contribution < 1.29 is 19.2 Å². The number of benzene rings is 3. The normalized spacial score (nSPS) is 15.4. The largest absolute Gasteiger partial charge is 0.274 e. The molecule has 34 heavy (non-hydrogen) atoms. The molecule has 4 rings (SSSR count). The van der Waals surface area contributed by atoms with E-state index in [4.69, 9.17) is 11.6 Å². The van der Waals surface area contributed by atoms with Crippen LogP contribution in [0.1, 0.15) is 27.9 Å². The van der Waals surface area contributed by atoms with E-state index in [0.717, 1.165) is 21.0 Å². The molecule has 7 nitrogen and oxygen atoms in total. The van der Waals surface area contributed by atoms with Gasteiger partial charge in [0.15, 0.2) is 0 Å². The Morgan fingerprint density at radius 3 is 2.29 bits per heavy atom. The minimum atomic E-state index is -1.21. The fourth-order valence-electron chi connectivity index (χ4n) is 3.77. The van der Waals surface area contributed by atoms with Crippen LogP contribution in [0.2, 0.25) is 5.02 Å². The quantitative estimate of drug-likeness (QED) is 0.450. The minimum absolute atomic E-state index is 0.0102. The zero-order valence-electron chi connectivity index (χ0n) is 18.4. The summed E-state index contributed by atoms with van der Waals surface area (Å²) in [4.78, 5) is 53.4. The Morgan fingerprint density at radius 2 is 1.62 bits per heavy atom. The van der Waals surface area contributed by atoms with E-state index < -0.39 is 29.7 Å². The van der Waals surface area contributed by atoms with Gasteiger partial charge in [0.1, 0.15) is 6.04 Å². The lowest BCUT2D eigenvalue weighted by Crippen LogP contribution is -2.55. The van der Waals surface area contributed by atoms with Crippen LogP contribution in [-0.2, 0) is 20.8 Å². The highest BCUT2D eigenvalue weighted by atomic mass is 35.5. The molecule has 0 aromatic heterocycles. The molecule has 0 aliphatic carbocycles. The lowest BCUT2D eigenvalue weighted by molar-refractivity contribution is -0.128. The van der Waals surface area contributed by atoms with Gasteiger partial charge in [-0.05, 0) is 36.8 Å². The summed E-state index contributed by atoms with van der Waals surface area (Å²) in [6.45, 7) is 1.90. The van der Waals surface area contributed by atoms with E-state index in [1.54, 1.807) is 66.7 Å². The number of nitrogens with one attached hydrogen (secondary N) is 1. The lowest BCUT2D eigenvalue weighted by Gasteiger charge is -2.28. The molecule has 1 N–H and O–H groups in total. The van der Waals surface area contributed by atoms with Gasteiger partial charge in [-0.25, -0.2) is 9.91 Å². The Kier molecular flexibility index (Phi) is 6.75. The van der Waals surface area contributed by atoms with Gasteiger partial charge in [0.25, 0.3) is 11.8 Å². The van der Waals surface area contributed by atoms with Crippen molar-refractivity contribution in [2.45, 2.75) is 25.8 Å². The number of hydrogen-bond acceptors (Lipinski definition) is 4. The number of hydrazine groups is 1. The van der Waals surface area contributed by atoms with E-state index in [-0.39, 0.29) is 23.4 Å². The topological polar surface area (TPSA) is 86.8 Å². The van der Waals surface area contributed by atoms with Gasteiger partial charge in [-0.3, -0.25) is 24.6 Å². The van der Waals surface area contributed by atoms with Gasteiger partial charge < -0.3 is 0 Å². The average Bonchev–Trinajstić information content (AvgIpc) is 3.12. The second kappa shape index (κ2) is 9.89. The van der Waals surface area contributed by atoms with Crippen molar-refractivity contribution in [1.82, 2.24) is 10.4 Å². The van der Waals surface area contributed by atoms with Crippen molar-refractivity contribution in [2.24, 2.45) is 0 Å². The molecule has 172 valence electrons. The number of imide groups is 1. The third-order valence-electron chi connectivity index (χ3n) is 5.50. The molecule has 4 amide bonds. The van der Waals surface area contributed by atoms with Crippen LogP contribution in [0.3, 0.4) is 0 Å². The fraction of sp³-hybridized carbons (Fsp3) is 0.154. The predicted molar refractivity (Wildman–Crippen MR) is 128 cm³/mol. The van der Waals surface area contributed by atoms with Crippen molar-refractivity contribution in [3.05, 3.63) is 101 Å². The maximum absolute atomic E-state index is 13.4.